The summed E-state index contributed by atoms with van der Waals surface area (Å²) >= 11 is 0. The van der Waals surface area contributed by atoms with Crippen LogP contribution in [0.25, 0.3) is 0 Å². The maximum Gasteiger partial charge on any atom is 0.325 e. The van der Waals surface area contributed by atoms with Crippen LogP contribution in [0, 0.1) is 6.92 Å². The Kier molecular flexibility index (Phi) is 5.78. The highest BCUT2D eigenvalue weighted by Crippen LogP contribution is 2.23. The van der Waals surface area contributed by atoms with E-state index in [9.17, 15) is 14.4 Å². The molecule has 0 radical (unpaired) electrons. The molecule has 1 aliphatic rings. The van der Waals surface area contributed by atoms with Crippen molar-refractivity contribution in [3.8, 4) is 0 Å². The molecule has 28 heavy (non-hydrogen) atoms. The fourth-order valence-electron chi connectivity index (χ4n) is 3.21. The van der Waals surface area contributed by atoms with Gasteiger partial charge in [-0.3, -0.25) is 14.5 Å². The third kappa shape index (κ3) is 4.57. The van der Waals surface area contributed by atoms with Gasteiger partial charge in [0.2, 0.25) is 5.91 Å². The number of carbonyl (C=O) groups is 3. The fraction of sp³-hybridized carbons (Fsp3) is 0.318. The first-order valence-corrected chi connectivity index (χ1v) is 9.38. The van der Waals surface area contributed by atoms with Crippen LogP contribution in [0.5, 0.6) is 0 Å². The third-order valence-corrected chi connectivity index (χ3v) is 5.01. The van der Waals surface area contributed by atoms with E-state index in [2.05, 4.69) is 10.6 Å². The molecule has 6 heteroatoms. The van der Waals surface area contributed by atoms with E-state index in [4.69, 9.17) is 0 Å². The summed E-state index contributed by atoms with van der Waals surface area (Å²) in [6.07, 6.45) is 1.14. The zero-order valence-electron chi connectivity index (χ0n) is 16.2. The topological polar surface area (TPSA) is 78.5 Å². The second-order valence-electron chi connectivity index (χ2n) is 7.40. The number of nitrogens with zero attached hydrogens (tertiary/aromatic N) is 1. The Balaban J connectivity index is 1.55. The molecule has 1 aliphatic heterocycles. The smallest absolute Gasteiger partial charge is 0.325 e. The maximum atomic E-state index is 12.8. The van der Waals surface area contributed by atoms with Crippen LogP contribution in [0.4, 0.5) is 4.79 Å². The van der Waals surface area contributed by atoms with Gasteiger partial charge in [-0.05, 0) is 37.8 Å². The Morgan fingerprint density at radius 3 is 2.39 bits per heavy atom. The van der Waals surface area contributed by atoms with Crippen molar-refractivity contribution in [1.82, 2.24) is 15.5 Å². The van der Waals surface area contributed by atoms with E-state index in [1.807, 2.05) is 61.5 Å². The largest absolute Gasteiger partial charge is 0.350 e. The van der Waals surface area contributed by atoms with E-state index >= 15 is 0 Å². The van der Waals surface area contributed by atoms with Gasteiger partial charge in [-0.1, -0.05) is 60.2 Å². The summed E-state index contributed by atoms with van der Waals surface area (Å²) in [6, 6.07) is 17.1. The van der Waals surface area contributed by atoms with Crippen LogP contribution in [0.15, 0.2) is 54.6 Å². The number of urea groups is 1. The molecule has 0 bridgehead atoms. The molecule has 2 aromatic rings. The molecule has 0 aromatic heterocycles. The SMILES string of the molecule is Cc1ccc(CNC(=O)CN2C(=O)NC(C)(CCc3ccccc3)C2=O)cc1. The molecule has 1 saturated heterocycles. The molecule has 4 amide bonds. The molecule has 0 aliphatic carbocycles. The highest BCUT2D eigenvalue weighted by molar-refractivity contribution is 6.08. The van der Waals surface area contributed by atoms with Crippen molar-refractivity contribution in [2.45, 2.75) is 38.8 Å². The molecule has 146 valence electrons. The lowest BCUT2D eigenvalue weighted by Crippen LogP contribution is -2.45. The van der Waals surface area contributed by atoms with Gasteiger partial charge in [0.15, 0.2) is 0 Å². The summed E-state index contributed by atoms with van der Waals surface area (Å²) in [6.45, 7) is 3.78. The minimum Gasteiger partial charge on any atom is -0.350 e. The first-order chi connectivity index (χ1) is 13.4. The molecular formula is C22H25N3O3. The highest BCUT2D eigenvalue weighted by atomic mass is 16.2. The average Bonchev–Trinajstić information content (AvgIpc) is 2.90. The average molecular weight is 379 g/mol. The van der Waals surface area contributed by atoms with Crippen molar-refractivity contribution in [2.75, 3.05) is 6.54 Å². The third-order valence-electron chi connectivity index (χ3n) is 5.01. The molecule has 2 N–H and O–H groups in total. The lowest BCUT2D eigenvalue weighted by Gasteiger charge is -2.21. The number of rotatable bonds is 7. The van der Waals surface area contributed by atoms with Crippen molar-refractivity contribution in [3.05, 3.63) is 71.3 Å². The highest BCUT2D eigenvalue weighted by Gasteiger charge is 2.47. The van der Waals surface area contributed by atoms with Gasteiger partial charge < -0.3 is 10.6 Å². The van der Waals surface area contributed by atoms with E-state index in [0.717, 1.165) is 21.6 Å². The summed E-state index contributed by atoms with van der Waals surface area (Å²) in [7, 11) is 0. The van der Waals surface area contributed by atoms with E-state index in [0.29, 0.717) is 19.4 Å². The van der Waals surface area contributed by atoms with Gasteiger partial charge in [0.1, 0.15) is 12.1 Å². The molecule has 3 rings (SSSR count). The molecule has 0 spiro atoms. The quantitative estimate of drug-likeness (QED) is 0.726. The molecule has 1 fully saturated rings. The van der Waals surface area contributed by atoms with Crippen LogP contribution < -0.4 is 10.6 Å². The van der Waals surface area contributed by atoms with Crippen LogP contribution in [0.3, 0.4) is 0 Å². The number of hydrogen-bond donors (Lipinski definition) is 2. The van der Waals surface area contributed by atoms with Crippen molar-refractivity contribution in [2.24, 2.45) is 0 Å². The van der Waals surface area contributed by atoms with Crippen molar-refractivity contribution >= 4 is 17.8 Å². The van der Waals surface area contributed by atoms with Gasteiger partial charge in [-0.2, -0.15) is 0 Å². The number of nitrogens with one attached hydrogen (secondary N) is 2. The number of amides is 4. The second-order valence-corrected chi connectivity index (χ2v) is 7.40. The Hall–Kier alpha value is -3.15. The number of carbonyl (C=O) groups excluding carboxylic acids is 3. The van der Waals surface area contributed by atoms with Gasteiger partial charge in [-0.15, -0.1) is 0 Å². The van der Waals surface area contributed by atoms with Crippen LogP contribution in [-0.2, 0) is 22.6 Å². The Morgan fingerprint density at radius 2 is 1.71 bits per heavy atom. The summed E-state index contributed by atoms with van der Waals surface area (Å²) in [5.74, 6) is -0.727. The molecule has 0 saturated carbocycles. The number of hydrogen-bond acceptors (Lipinski definition) is 3. The lowest BCUT2D eigenvalue weighted by molar-refractivity contribution is -0.134. The summed E-state index contributed by atoms with van der Waals surface area (Å²) in [5, 5.41) is 5.50. The van der Waals surface area contributed by atoms with Crippen molar-refractivity contribution in [1.29, 1.82) is 0 Å². The maximum absolute atomic E-state index is 12.8. The zero-order valence-corrected chi connectivity index (χ0v) is 16.2. The molecule has 1 heterocycles. The molecular weight excluding hydrogens is 354 g/mol. The van der Waals surface area contributed by atoms with Crippen molar-refractivity contribution in [3.63, 3.8) is 0 Å². The normalized spacial score (nSPS) is 18.9. The van der Waals surface area contributed by atoms with Gasteiger partial charge in [0.25, 0.3) is 5.91 Å². The van der Waals surface area contributed by atoms with Crippen molar-refractivity contribution < 1.29 is 14.4 Å². The molecule has 1 unspecified atom stereocenters. The van der Waals surface area contributed by atoms with E-state index in [1.54, 1.807) is 6.92 Å². The number of aryl methyl sites for hydroxylation is 2. The van der Waals surface area contributed by atoms with Crippen LogP contribution in [0.2, 0.25) is 0 Å². The fourth-order valence-corrected chi connectivity index (χ4v) is 3.21. The molecule has 2 aromatic carbocycles. The van der Waals surface area contributed by atoms with Gasteiger partial charge >= 0.3 is 6.03 Å². The summed E-state index contributed by atoms with van der Waals surface area (Å²) in [5.41, 5.74) is 2.21. The Morgan fingerprint density at radius 1 is 1.04 bits per heavy atom. The predicted octanol–water partition coefficient (Wildman–Crippen LogP) is 2.55. The van der Waals surface area contributed by atoms with Gasteiger partial charge in [0, 0.05) is 6.54 Å². The molecule has 1 atom stereocenters. The lowest BCUT2D eigenvalue weighted by atomic mass is 9.93. The number of imide groups is 1. The van der Waals surface area contributed by atoms with Crippen LogP contribution in [0.1, 0.15) is 30.0 Å². The molecule has 6 nitrogen and oxygen atoms in total. The van der Waals surface area contributed by atoms with Crippen LogP contribution >= 0.6 is 0 Å². The Bertz CT molecular complexity index is 864. The standard InChI is InChI=1S/C22H25N3O3/c1-16-8-10-18(11-9-16)14-23-19(26)15-25-20(27)22(2,24-21(25)28)13-12-17-6-4-3-5-7-17/h3-11H,12-15H2,1-2H3,(H,23,26)(H,24,28). The monoisotopic (exact) mass is 379 g/mol. The first kappa shape index (κ1) is 19.6. The predicted molar refractivity (Wildman–Crippen MR) is 106 cm³/mol. The van der Waals surface area contributed by atoms with E-state index in [-0.39, 0.29) is 18.4 Å². The minimum atomic E-state index is -0.996. The first-order valence-electron chi connectivity index (χ1n) is 9.38. The van der Waals surface area contributed by atoms with E-state index in [1.165, 1.54) is 0 Å². The number of benzene rings is 2. The van der Waals surface area contributed by atoms with E-state index < -0.39 is 11.6 Å². The summed E-state index contributed by atoms with van der Waals surface area (Å²) in [4.78, 5) is 38.3. The van der Waals surface area contributed by atoms with Crippen LogP contribution in [-0.4, -0.2) is 34.8 Å². The summed E-state index contributed by atoms with van der Waals surface area (Å²) < 4.78 is 0. The Labute approximate surface area is 164 Å². The van der Waals surface area contributed by atoms with Gasteiger partial charge in [-0.25, -0.2) is 4.79 Å². The van der Waals surface area contributed by atoms with Gasteiger partial charge in [0.05, 0.1) is 0 Å². The minimum absolute atomic E-state index is 0.280. The second kappa shape index (κ2) is 8.25. The zero-order chi connectivity index (χ0) is 20.1.